The highest BCUT2D eigenvalue weighted by Crippen LogP contribution is 2.24. The van der Waals surface area contributed by atoms with Gasteiger partial charge >= 0.3 is 0 Å². The Hall–Kier alpha value is -1.52. The number of para-hydroxylation sites is 1. The Labute approximate surface area is 110 Å². The molecule has 1 N–H and O–H groups in total. The van der Waals surface area contributed by atoms with Crippen molar-refractivity contribution in [3.05, 3.63) is 35.5 Å². The highest BCUT2D eigenvalue weighted by Gasteiger charge is 2.08. The Morgan fingerprint density at radius 1 is 1.44 bits per heavy atom. The van der Waals surface area contributed by atoms with Gasteiger partial charge in [0.1, 0.15) is 6.54 Å². The van der Waals surface area contributed by atoms with Gasteiger partial charge < -0.3 is 14.6 Å². The number of halogens is 1. The summed E-state index contributed by atoms with van der Waals surface area (Å²) in [7, 11) is 1.60. The molecule has 18 heavy (non-hydrogen) atoms. The van der Waals surface area contributed by atoms with E-state index in [9.17, 15) is 4.79 Å². The van der Waals surface area contributed by atoms with E-state index < -0.39 is 0 Å². The largest absolute Gasteiger partial charge is 0.383 e. The molecule has 0 aliphatic heterocycles. The third-order valence-electron chi connectivity index (χ3n) is 2.68. The number of methoxy groups -OCH3 is 1. The van der Waals surface area contributed by atoms with Crippen molar-refractivity contribution in [1.82, 2.24) is 9.88 Å². The second-order valence-corrected chi connectivity index (χ2v) is 4.37. The predicted octanol–water partition coefficient (Wildman–Crippen LogP) is 2.06. The lowest BCUT2D eigenvalue weighted by molar-refractivity contribution is -0.121. The van der Waals surface area contributed by atoms with Crippen molar-refractivity contribution in [2.75, 3.05) is 20.3 Å². The molecule has 0 atom stereocenters. The van der Waals surface area contributed by atoms with Gasteiger partial charge in [0, 0.05) is 25.2 Å². The minimum absolute atomic E-state index is 0.0514. The van der Waals surface area contributed by atoms with E-state index in [1.807, 2.05) is 35.0 Å². The number of nitrogens with zero attached hydrogens (tertiary/aromatic N) is 1. The number of ether oxygens (including phenoxy) is 1. The van der Waals surface area contributed by atoms with Crippen molar-refractivity contribution in [2.24, 2.45) is 0 Å². The van der Waals surface area contributed by atoms with E-state index in [0.29, 0.717) is 18.2 Å². The van der Waals surface area contributed by atoms with Gasteiger partial charge in [-0.3, -0.25) is 4.79 Å². The van der Waals surface area contributed by atoms with Crippen LogP contribution in [0.5, 0.6) is 0 Å². The molecule has 5 heteroatoms. The fourth-order valence-corrected chi connectivity index (χ4v) is 2.14. The fraction of sp³-hybridized carbons (Fsp3) is 0.308. The highest BCUT2D eigenvalue weighted by atomic mass is 35.5. The summed E-state index contributed by atoms with van der Waals surface area (Å²) >= 11 is 6.14. The van der Waals surface area contributed by atoms with Crippen molar-refractivity contribution in [3.63, 3.8) is 0 Å². The first-order chi connectivity index (χ1) is 8.72. The molecule has 2 rings (SSSR count). The van der Waals surface area contributed by atoms with Gasteiger partial charge in [-0.2, -0.15) is 0 Å². The number of nitrogens with one attached hydrogen (secondary N) is 1. The Kier molecular flexibility index (Phi) is 4.23. The van der Waals surface area contributed by atoms with Crippen LogP contribution in [0.3, 0.4) is 0 Å². The summed E-state index contributed by atoms with van der Waals surface area (Å²) in [5.41, 5.74) is 0.890. The van der Waals surface area contributed by atoms with E-state index in [1.165, 1.54) is 0 Å². The molecule has 0 spiro atoms. The number of rotatable bonds is 5. The van der Waals surface area contributed by atoms with Crippen LogP contribution in [0.4, 0.5) is 0 Å². The predicted molar refractivity (Wildman–Crippen MR) is 71.8 cm³/mol. The van der Waals surface area contributed by atoms with Crippen molar-refractivity contribution in [1.29, 1.82) is 0 Å². The lowest BCUT2D eigenvalue weighted by atomic mass is 10.2. The minimum atomic E-state index is -0.0514. The van der Waals surface area contributed by atoms with Crippen LogP contribution in [0.25, 0.3) is 10.9 Å². The van der Waals surface area contributed by atoms with Gasteiger partial charge in [0.15, 0.2) is 0 Å². The highest BCUT2D eigenvalue weighted by molar-refractivity contribution is 6.35. The normalized spacial score (nSPS) is 10.8. The SMILES string of the molecule is COCCNC(=O)Cn1ccc2cccc(Cl)c21. The summed E-state index contributed by atoms with van der Waals surface area (Å²) in [6, 6.07) is 7.64. The molecule has 1 aromatic heterocycles. The molecule has 0 bridgehead atoms. The molecule has 0 fully saturated rings. The molecular formula is C13H15ClN2O2. The summed E-state index contributed by atoms with van der Waals surface area (Å²) in [5.74, 6) is -0.0514. The van der Waals surface area contributed by atoms with Gasteiger partial charge in [0.05, 0.1) is 17.1 Å². The smallest absolute Gasteiger partial charge is 0.240 e. The molecule has 0 saturated heterocycles. The number of carbonyl (C=O) groups excluding carboxylic acids is 1. The van der Waals surface area contributed by atoms with E-state index in [-0.39, 0.29) is 12.5 Å². The van der Waals surface area contributed by atoms with Gasteiger partial charge in [-0.25, -0.2) is 0 Å². The molecule has 0 saturated carbocycles. The molecule has 1 amide bonds. The summed E-state index contributed by atoms with van der Waals surface area (Å²) in [6.45, 7) is 1.29. The summed E-state index contributed by atoms with van der Waals surface area (Å²) in [5, 5.41) is 4.47. The van der Waals surface area contributed by atoms with Gasteiger partial charge in [-0.15, -0.1) is 0 Å². The van der Waals surface area contributed by atoms with Crippen molar-refractivity contribution >= 4 is 28.4 Å². The van der Waals surface area contributed by atoms with E-state index in [2.05, 4.69) is 5.32 Å². The zero-order valence-electron chi connectivity index (χ0n) is 10.1. The van der Waals surface area contributed by atoms with Crippen LogP contribution in [0.2, 0.25) is 5.02 Å². The lowest BCUT2D eigenvalue weighted by Crippen LogP contribution is -2.30. The number of aromatic nitrogens is 1. The first kappa shape index (κ1) is 12.9. The summed E-state index contributed by atoms with van der Waals surface area (Å²) in [6.07, 6.45) is 1.87. The minimum Gasteiger partial charge on any atom is -0.383 e. The van der Waals surface area contributed by atoms with Crippen LogP contribution in [-0.4, -0.2) is 30.7 Å². The van der Waals surface area contributed by atoms with Gasteiger partial charge in [0.2, 0.25) is 5.91 Å². The third-order valence-corrected chi connectivity index (χ3v) is 2.99. The summed E-state index contributed by atoms with van der Waals surface area (Å²) in [4.78, 5) is 11.7. The molecule has 2 aromatic rings. The number of benzene rings is 1. The quantitative estimate of drug-likeness (QED) is 0.842. The number of amides is 1. The van der Waals surface area contributed by atoms with Gasteiger partial charge in [-0.1, -0.05) is 23.7 Å². The van der Waals surface area contributed by atoms with E-state index in [4.69, 9.17) is 16.3 Å². The topological polar surface area (TPSA) is 43.3 Å². The Morgan fingerprint density at radius 3 is 3.06 bits per heavy atom. The van der Waals surface area contributed by atoms with E-state index in [1.54, 1.807) is 7.11 Å². The molecule has 0 radical (unpaired) electrons. The Bertz CT molecular complexity index is 551. The second-order valence-electron chi connectivity index (χ2n) is 3.96. The van der Waals surface area contributed by atoms with Crippen molar-refractivity contribution < 1.29 is 9.53 Å². The maximum Gasteiger partial charge on any atom is 0.240 e. The average molecular weight is 267 g/mol. The van der Waals surface area contributed by atoms with E-state index in [0.717, 1.165) is 10.9 Å². The van der Waals surface area contributed by atoms with Crippen LogP contribution in [0.15, 0.2) is 30.5 Å². The summed E-state index contributed by atoms with van der Waals surface area (Å²) < 4.78 is 6.72. The Morgan fingerprint density at radius 2 is 2.28 bits per heavy atom. The molecule has 0 aliphatic rings. The van der Waals surface area contributed by atoms with E-state index >= 15 is 0 Å². The average Bonchev–Trinajstić information content (AvgIpc) is 2.74. The fourth-order valence-electron chi connectivity index (χ4n) is 1.85. The van der Waals surface area contributed by atoms with Crippen LogP contribution in [0.1, 0.15) is 0 Å². The standard InChI is InChI=1S/C13H15ClN2O2/c1-18-8-6-15-12(17)9-16-7-5-10-3-2-4-11(14)13(10)16/h2-5,7H,6,8-9H2,1H3,(H,15,17). The maximum atomic E-state index is 11.7. The zero-order chi connectivity index (χ0) is 13.0. The number of hydrogen-bond acceptors (Lipinski definition) is 2. The van der Waals surface area contributed by atoms with Crippen LogP contribution in [0, 0.1) is 0 Å². The second kappa shape index (κ2) is 5.89. The molecule has 1 aromatic carbocycles. The third kappa shape index (κ3) is 2.83. The number of hydrogen-bond donors (Lipinski definition) is 1. The monoisotopic (exact) mass is 266 g/mol. The van der Waals surface area contributed by atoms with Gasteiger partial charge in [0.25, 0.3) is 0 Å². The maximum absolute atomic E-state index is 11.7. The molecule has 4 nitrogen and oxygen atoms in total. The number of carbonyl (C=O) groups is 1. The van der Waals surface area contributed by atoms with Crippen molar-refractivity contribution in [3.8, 4) is 0 Å². The van der Waals surface area contributed by atoms with Crippen LogP contribution >= 0.6 is 11.6 Å². The molecule has 0 unspecified atom stereocenters. The number of fused-ring (bicyclic) bond motifs is 1. The van der Waals surface area contributed by atoms with Gasteiger partial charge in [-0.05, 0) is 12.1 Å². The molecule has 96 valence electrons. The zero-order valence-corrected chi connectivity index (χ0v) is 10.9. The first-order valence-electron chi connectivity index (χ1n) is 5.71. The molecule has 1 heterocycles. The molecule has 0 aliphatic carbocycles. The first-order valence-corrected chi connectivity index (χ1v) is 6.09. The molecular weight excluding hydrogens is 252 g/mol. The van der Waals surface area contributed by atoms with Crippen molar-refractivity contribution in [2.45, 2.75) is 6.54 Å². The lowest BCUT2D eigenvalue weighted by Gasteiger charge is -2.07. The Balaban J connectivity index is 2.10. The van der Waals surface area contributed by atoms with Crippen LogP contribution < -0.4 is 5.32 Å². The van der Waals surface area contributed by atoms with Crippen LogP contribution in [-0.2, 0) is 16.1 Å².